The molecule has 0 atom stereocenters. The van der Waals surface area contributed by atoms with E-state index in [0.717, 1.165) is 22.3 Å². The van der Waals surface area contributed by atoms with Gasteiger partial charge in [-0.15, -0.1) is 20.4 Å². The van der Waals surface area contributed by atoms with E-state index in [1.54, 1.807) is 36.4 Å². The zero-order chi connectivity index (χ0) is 29.6. The molecule has 12 heteroatoms. The molecule has 6 aromatic rings. The number of hydrogen-bond acceptors (Lipinski definition) is 8. The number of nitrogens with two attached hydrogens (primary N) is 2. The summed E-state index contributed by atoms with van der Waals surface area (Å²) in [6.07, 6.45) is 0. The molecule has 0 aliphatic carbocycles. The first-order valence-corrected chi connectivity index (χ1v) is 13.8. The minimum atomic E-state index is 0.116. The van der Waals surface area contributed by atoms with Gasteiger partial charge in [-0.2, -0.15) is 0 Å². The smallest absolute Gasteiger partial charge is 0.240 e. The minimum absolute atomic E-state index is 0.116. The van der Waals surface area contributed by atoms with Crippen LogP contribution in [0.25, 0.3) is 45.0 Å². The van der Waals surface area contributed by atoms with Crippen molar-refractivity contribution in [1.82, 2.24) is 30.4 Å². The Balaban J connectivity index is 0.000000168. The van der Waals surface area contributed by atoms with Gasteiger partial charge in [-0.05, 0) is 36.4 Å². The van der Waals surface area contributed by atoms with Gasteiger partial charge < -0.3 is 11.5 Å². The summed E-state index contributed by atoms with van der Waals surface area (Å²) in [5.74, 6) is 0.233. The van der Waals surface area contributed by atoms with E-state index >= 15 is 0 Å². The molecule has 208 valence electrons. The van der Waals surface area contributed by atoms with E-state index in [0.29, 0.717) is 42.9 Å². The number of anilines is 2. The van der Waals surface area contributed by atoms with Crippen molar-refractivity contribution in [2.45, 2.75) is 0 Å². The van der Waals surface area contributed by atoms with Crippen LogP contribution in [0.4, 0.5) is 11.9 Å². The summed E-state index contributed by atoms with van der Waals surface area (Å²) >= 11 is 24.2. The van der Waals surface area contributed by atoms with Crippen molar-refractivity contribution in [3.8, 4) is 45.0 Å². The van der Waals surface area contributed by atoms with Crippen molar-refractivity contribution in [3.05, 3.63) is 117 Å². The molecule has 2 heterocycles. The van der Waals surface area contributed by atoms with E-state index in [1.807, 2.05) is 60.7 Å². The zero-order valence-electron chi connectivity index (χ0n) is 21.6. The third kappa shape index (κ3) is 7.10. The number of benzene rings is 4. The summed E-state index contributed by atoms with van der Waals surface area (Å²) in [6, 6.07) is 29.6. The highest BCUT2D eigenvalue weighted by Crippen LogP contribution is 2.33. The molecule has 4 aromatic carbocycles. The molecule has 0 aliphatic heterocycles. The van der Waals surface area contributed by atoms with Crippen LogP contribution in [0.15, 0.2) is 97.1 Å². The largest absolute Gasteiger partial charge is 0.366 e. The van der Waals surface area contributed by atoms with Crippen LogP contribution < -0.4 is 11.5 Å². The second kappa shape index (κ2) is 13.1. The van der Waals surface area contributed by atoms with E-state index in [-0.39, 0.29) is 11.9 Å². The Morgan fingerprint density at radius 3 is 1.05 bits per heavy atom. The molecule has 0 spiro atoms. The van der Waals surface area contributed by atoms with Gasteiger partial charge in [-0.1, -0.05) is 107 Å². The summed E-state index contributed by atoms with van der Waals surface area (Å²) in [6.45, 7) is 0. The first-order valence-electron chi connectivity index (χ1n) is 12.3. The maximum absolute atomic E-state index is 6.05. The number of hydrogen-bond donors (Lipinski definition) is 2. The van der Waals surface area contributed by atoms with Crippen molar-refractivity contribution in [2.24, 2.45) is 0 Å². The number of aromatic nitrogens is 6. The van der Waals surface area contributed by atoms with Crippen molar-refractivity contribution in [3.63, 3.8) is 0 Å². The van der Waals surface area contributed by atoms with Crippen LogP contribution in [0, 0.1) is 0 Å². The zero-order valence-corrected chi connectivity index (χ0v) is 24.6. The lowest BCUT2D eigenvalue weighted by atomic mass is 10.0. The molecular weight excluding hydrogens is 614 g/mol. The standard InChI is InChI=1S/2C15H10Cl2N4/c2*16-11-6-10(7-12(17)8-11)14-13(19-15(18)21-20-14)9-4-2-1-3-5-9/h2*1-8H,(H2,18,19,21). The normalized spacial score (nSPS) is 10.6. The molecule has 0 bridgehead atoms. The summed E-state index contributed by atoms with van der Waals surface area (Å²) < 4.78 is 0. The van der Waals surface area contributed by atoms with E-state index < -0.39 is 0 Å². The molecule has 0 unspecified atom stereocenters. The molecule has 0 fully saturated rings. The average Bonchev–Trinajstić information content (AvgIpc) is 2.97. The van der Waals surface area contributed by atoms with Crippen LogP contribution >= 0.6 is 46.4 Å². The van der Waals surface area contributed by atoms with Crippen LogP contribution in [-0.2, 0) is 0 Å². The predicted octanol–water partition coefficient (Wildman–Crippen LogP) is 8.19. The van der Waals surface area contributed by atoms with Crippen LogP contribution in [-0.4, -0.2) is 30.4 Å². The SMILES string of the molecule is Nc1nnc(-c2cc(Cl)cc(Cl)c2)c(-c2ccccc2)n1.Nc1nnc(-c2cc(Cl)cc(Cl)c2)c(-c2ccccc2)n1. The Morgan fingerprint density at radius 1 is 0.381 bits per heavy atom. The summed E-state index contributed by atoms with van der Waals surface area (Å²) in [4.78, 5) is 8.59. The fourth-order valence-corrected chi connectivity index (χ4v) is 5.09. The van der Waals surface area contributed by atoms with Gasteiger partial charge in [0.2, 0.25) is 11.9 Å². The van der Waals surface area contributed by atoms with Gasteiger partial charge in [0.05, 0.1) is 0 Å². The third-order valence-corrected chi connectivity index (χ3v) is 6.65. The minimum Gasteiger partial charge on any atom is -0.366 e. The van der Waals surface area contributed by atoms with Gasteiger partial charge in [0.1, 0.15) is 22.8 Å². The van der Waals surface area contributed by atoms with Crippen molar-refractivity contribution < 1.29 is 0 Å². The first-order chi connectivity index (χ1) is 20.3. The molecule has 0 aliphatic rings. The summed E-state index contributed by atoms with van der Waals surface area (Å²) in [5, 5.41) is 18.1. The molecular formula is C30H20Cl4N8. The Bertz CT molecular complexity index is 1680. The maximum atomic E-state index is 6.05. The number of nitrogens with zero attached hydrogens (tertiary/aromatic N) is 6. The molecule has 0 radical (unpaired) electrons. The van der Waals surface area contributed by atoms with Crippen LogP contribution in [0.2, 0.25) is 20.1 Å². The van der Waals surface area contributed by atoms with Crippen LogP contribution in [0.5, 0.6) is 0 Å². The van der Waals surface area contributed by atoms with Gasteiger partial charge in [-0.25, -0.2) is 9.97 Å². The fraction of sp³-hybridized carbons (Fsp3) is 0. The predicted molar refractivity (Wildman–Crippen MR) is 170 cm³/mol. The maximum Gasteiger partial charge on any atom is 0.240 e. The highest BCUT2D eigenvalue weighted by molar-refractivity contribution is 6.35. The molecule has 42 heavy (non-hydrogen) atoms. The van der Waals surface area contributed by atoms with Crippen molar-refractivity contribution >= 4 is 58.3 Å². The lowest BCUT2D eigenvalue weighted by Crippen LogP contribution is -2.02. The number of halogens is 4. The van der Waals surface area contributed by atoms with E-state index in [9.17, 15) is 0 Å². The molecule has 4 N–H and O–H groups in total. The highest BCUT2D eigenvalue weighted by atomic mass is 35.5. The summed E-state index contributed by atoms with van der Waals surface area (Å²) in [5.41, 5.74) is 17.0. The Labute approximate surface area is 261 Å². The van der Waals surface area contributed by atoms with Gasteiger partial charge >= 0.3 is 0 Å². The van der Waals surface area contributed by atoms with Gasteiger partial charge in [-0.3, -0.25) is 0 Å². The van der Waals surface area contributed by atoms with Gasteiger partial charge in [0, 0.05) is 42.3 Å². The van der Waals surface area contributed by atoms with Gasteiger partial charge in [0.15, 0.2) is 0 Å². The van der Waals surface area contributed by atoms with Gasteiger partial charge in [0.25, 0.3) is 0 Å². The van der Waals surface area contributed by atoms with E-state index in [2.05, 4.69) is 30.4 Å². The van der Waals surface area contributed by atoms with Crippen molar-refractivity contribution in [1.29, 1.82) is 0 Å². The molecule has 6 rings (SSSR count). The summed E-state index contributed by atoms with van der Waals surface area (Å²) in [7, 11) is 0. The Morgan fingerprint density at radius 2 is 0.714 bits per heavy atom. The molecule has 0 saturated heterocycles. The van der Waals surface area contributed by atoms with Crippen molar-refractivity contribution in [2.75, 3.05) is 11.5 Å². The van der Waals surface area contributed by atoms with E-state index in [4.69, 9.17) is 57.9 Å². The van der Waals surface area contributed by atoms with E-state index in [1.165, 1.54) is 0 Å². The third-order valence-electron chi connectivity index (χ3n) is 5.77. The second-order valence-electron chi connectivity index (χ2n) is 8.78. The lowest BCUT2D eigenvalue weighted by Gasteiger charge is -2.08. The van der Waals surface area contributed by atoms with Crippen LogP contribution in [0.3, 0.4) is 0 Å². The highest BCUT2D eigenvalue weighted by Gasteiger charge is 2.15. The quantitative estimate of drug-likeness (QED) is 0.199. The molecule has 0 saturated carbocycles. The molecule has 8 nitrogen and oxygen atoms in total. The molecule has 0 amide bonds. The first kappa shape index (κ1) is 29.2. The average molecular weight is 634 g/mol. The van der Waals surface area contributed by atoms with Crippen LogP contribution in [0.1, 0.15) is 0 Å². The molecule has 2 aromatic heterocycles. The topological polar surface area (TPSA) is 129 Å². The second-order valence-corrected chi connectivity index (χ2v) is 10.5. The fourth-order valence-electron chi connectivity index (χ4n) is 4.04. The lowest BCUT2D eigenvalue weighted by molar-refractivity contribution is 0.997. The Kier molecular flexibility index (Phi) is 9.09. The number of nitrogen functional groups attached to an aromatic ring is 2. The monoisotopic (exact) mass is 632 g/mol. The number of rotatable bonds is 4. The Hall–Kier alpha value is -4.34.